The van der Waals surface area contributed by atoms with Gasteiger partial charge in [0.15, 0.2) is 11.5 Å². The minimum atomic E-state index is 0.197. The molecule has 1 atom stereocenters. The number of nitrogens with zero attached hydrogens (tertiary/aromatic N) is 2. The molecule has 0 radical (unpaired) electrons. The van der Waals surface area contributed by atoms with Gasteiger partial charge in [-0.3, -0.25) is 9.69 Å². The molecule has 1 saturated carbocycles. The summed E-state index contributed by atoms with van der Waals surface area (Å²) in [5, 5.41) is 0. The van der Waals surface area contributed by atoms with Crippen LogP contribution < -0.4 is 9.47 Å². The highest BCUT2D eigenvalue weighted by Crippen LogP contribution is 2.33. The summed E-state index contributed by atoms with van der Waals surface area (Å²) in [5.74, 6) is 2.86. The Bertz CT molecular complexity index is 619. The van der Waals surface area contributed by atoms with E-state index in [2.05, 4.69) is 28.9 Å². The number of piperazine rings is 1. The first-order chi connectivity index (χ1) is 12.2. The van der Waals surface area contributed by atoms with Crippen molar-refractivity contribution in [1.82, 2.24) is 9.80 Å². The first-order valence-electron chi connectivity index (χ1n) is 9.60. The lowest BCUT2D eigenvalue weighted by molar-refractivity contribution is -0.138. The molecule has 136 valence electrons. The maximum absolute atomic E-state index is 12.8. The summed E-state index contributed by atoms with van der Waals surface area (Å²) in [6.07, 6.45) is 5.06. The van der Waals surface area contributed by atoms with E-state index in [1.54, 1.807) is 0 Å². The molecule has 0 spiro atoms. The van der Waals surface area contributed by atoms with Gasteiger partial charge in [-0.1, -0.05) is 25.8 Å². The summed E-state index contributed by atoms with van der Waals surface area (Å²) in [7, 11) is 0. The first kappa shape index (κ1) is 16.7. The molecule has 2 heterocycles. The predicted octanol–water partition coefficient (Wildman–Crippen LogP) is 2.89. The molecule has 1 unspecified atom stereocenters. The average Bonchev–Trinajstić information content (AvgIpc) is 3.32. The van der Waals surface area contributed by atoms with E-state index < -0.39 is 0 Å². The fourth-order valence-electron chi connectivity index (χ4n) is 4.37. The largest absolute Gasteiger partial charge is 0.454 e. The van der Waals surface area contributed by atoms with E-state index in [0.29, 0.717) is 18.6 Å². The van der Waals surface area contributed by atoms with Crippen LogP contribution >= 0.6 is 0 Å². The topological polar surface area (TPSA) is 42.0 Å². The van der Waals surface area contributed by atoms with E-state index in [1.807, 2.05) is 6.07 Å². The predicted molar refractivity (Wildman–Crippen MR) is 95.5 cm³/mol. The van der Waals surface area contributed by atoms with Crippen LogP contribution in [0.15, 0.2) is 18.2 Å². The molecule has 25 heavy (non-hydrogen) atoms. The second kappa shape index (κ2) is 7.24. The molecule has 0 N–H and O–H groups in total. The lowest BCUT2D eigenvalue weighted by Gasteiger charge is -2.37. The third-order valence-electron chi connectivity index (χ3n) is 6.02. The Labute approximate surface area is 149 Å². The maximum Gasteiger partial charge on any atom is 0.231 e. The Morgan fingerprint density at radius 3 is 2.60 bits per heavy atom. The SMILES string of the molecule is CC(C(=O)N1CCN(Cc2ccc3c(c2)OCO3)CC1)C1CCCC1. The van der Waals surface area contributed by atoms with Crippen LogP contribution in [0.2, 0.25) is 0 Å². The molecule has 1 aromatic carbocycles. The van der Waals surface area contributed by atoms with Gasteiger partial charge in [-0.2, -0.15) is 0 Å². The number of carbonyl (C=O) groups excluding carboxylic acids is 1. The van der Waals surface area contributed by atoms with Crippen molar-refractivity contribution in [3.63, 3.8) is 0 Å². The van der Waals surface area contributed by atoms with E-state index in [1.165, 1.54) is 31.2 Å². The summed E-state index contributed by atoms with van der Waals surface area (Å²) in [6.45, 7) is 6.93. The number of carbonyl (C=O) groups is 1. The van der Waals surface area contributed by atoms with Crippen LogP contribution in [0.4, 0.5) is 0 Å². The molecule has 2 fully saturated rings. The number of rotatable bonds is 4. The molecule has 5 nitrogen and oxygen atoms in total. The zero-order chi connectivity index (χ0) is 17.2. The monoisotopic (exact) mass is 344 g/mol. The first-order valence-corrected chi connectivity index (χ1v) is 9.60. The molecule has 3 aliphatic rings. The third-order valence-corrected chi connectivity index (χ3v) is 6.02. The van der Waals surface area contributed by atoms with Crippen molar-refractivity contribution >= 4 is 5.91 Å². The van der Waals surface area contributed by atoms with Crippen LogP contribution in [0.5, 0.6) is 11.5 Å². The average molecular weight is 344 g/mol. The van der Waals surface area contributed by atoms with Crippen LogP contribution in [-0.2, 0) is 11.3 Å². The van der Waals surface area contributed by atoms with Crippen molar-refractivity contribution in [3.05, 3.63) is 23.8 Å². The van der Waals surface area contributed by atoms with E-state index in [9.17, 15) is 4.79 Å². The van der Waals surface area contributed by atoms with Gasteiger partial charge in [0, 0.05) is 38.6 Å². The molecule has 0 aromatic heterocycles. The summed E-state index contributed by atoms with van der Waals surface area (Å²) in [4.78, 5) is 17.3. The van der Waals surface area contributed by atoms with Crippen LogP contribution in [-0.4, -0.2) is 48.7 Å². The summed E-state index contributed by atoms with van der Waals surface area (Å²) >= 11 is 0. The van der Waals surface area contributed by atoms with Gasteiger partial charge in [-0.15, -0.1) is 0 Å². The Kier molecular flexibility index (Phi) is 4.84. The van der Waals surface area contributed by atoms with Crippen molar-refractivity contribution in [3.8, 4) is 11.5 Å². The molecule has 4 rings (SSSR count). The highest BCUT2D eigenvalue weighted by atomic mass is 16.7. The van der Waals surface area contributed by atoms with E-state index >= 15 is 0 Å². The molecule has 1 amide bonds. The molecule has 1 saturated heterocycles. The highest BCUT2D eigenvalue weighted by molar-refractivity contribution is 5.79. The second-order valence-corrected chi connectivity index (χ2v) is 7.62. The summed E-state index contributed by atoms with van der Waals surface area (Å²) in [6, 6.07) is 6.16. The van der Waals surface area contributed by atoms with Crippen molar-refractivity contribution in [2.75, 3.05) is 33.0 Å². The van der Waals surface area contributed by atoms with E-state index in [4.69, 9.17) is 9.47 Å². The zero-order valence-electron chi connectivity index (χ0n) is 15.1. The van der Waals surface area contributed by atoms with Crippen LogP contribution in [0.1, 0.15) is 38.2 Å². The molecular weight excluding hydrogens is 316 g/mol. The number of ether oxygens (including phenoxy) is 2. The molecule has 2 aliphatic heterocycles. The lowest BCUT2D eigenvalue weighted by atomic mass is 9.91. The normalized spacial score (nSPS) is 22.4. The highest BCUT2D eigenvalue weighted by Gasteiger charge is 2.31. The van der Waals surface area contributed by atoms with E-state index in [-0.39, 0.29) is 5.92 Å². The molecule has 0 bridgehead atoms. The van der Waals surface area contributed by atoms with Crippen molar-refractivity contribution in [2.24, 2.45) is 11.8 Å². The van der Waals surface area contributed by atoms with Gasteiger partial charge in [0.1, 0.15) is 0 Å². The Hall–Kier alpha value is -1.75. The van der Waals surface area contributed by atoms with Crippen LogP contribution in [0.3, 0.4) is 0 Å². The van der Waals surface area contributed by atoms with Crippen LogP contribution in [0, 0.1) is 11.8 Å². The minimum absolute atomic E-state index is 0.197. The Morgan fingerprint density at radius 1 is 1.12 bits per heavy atom. The van der Waals surface area contributed by atoms with E-state index in [0.717, 1.165) is 44.2 Å². The standard InChI is InChI=1S/C20H28N2O3/c1-15(17-4-2-3-5-17)20(23)22-10-8-21(9-11-22)13-16-6-7-18-19(12-16)25-14-24-18/h6-7,12,15,17H,2-5,8-11,13-14H2,1H3. The third kappa shape index (κ3) is 3.61. The molecular formula is C20H28N2O3. The van der Waals surface area contributed by atoms with Gasteiger partial charge in [0.2, 0.25) is 12.7 Å². The van der Waals surface area contributed by atoms with Gasteiger partial charge in [0.05, 0.1) is 0 Å². The maximum atomic E-state index is 12.8. The van der Waals surface area contributed by atoms with Crippen molar-refractivity contribution < 1.29 is 14.3 Å². The van der Waals surface area contributed by atoms with Gasteiger partial charge >= 0.3 is 0 Å². The zero-order valence-corrected chi connectivity index (χ0v) is 15.1. The van der Waals surface area contributed by atoms with Crippen LogP contribution in [0.25, 0.3) is 0 Å². The molecule has 1 aromatic rings. The second-order valence-electron chi connectivity index (χ2n) is 7.62. The van der Waals surface area contributed by atoms with Crippen molar-refractivity contribution in [2.45, 2.75) is 39.2 Å². The molecule has 5 heteroatoms. The van der Waals surface area contributed by atoms with Gasteiger partial charge < -0.3 is 14.4 Å². The molecule has 1 aliphatic carbocycles. The number of fused-ring (bicyclic) bond motifs is 1. The smallest absolute Gasteiger partial charge is 0.231 e. The minimum Gasteiger partial charge on any atom is -0.454 e. The quantitative estimate of drug-likeness (QED) is 0.842. The fraction of sp³-hybridized carbons (Fsp3) is 0.650. The Balaban J connectivity index is 1.28. The summed E-state index contributed by atoms with van der Waals surface area (Å²) in [5.41, 5.74) is 1.24. The van der Waals surface area contributed by atoms with Gasteiger partial charge in [-0.25, -0.2) is 0 Å². The fourth-order valence-corrected chi connectivity index (χ4v) is 4.37. The number of hydrogen-bond donors (Lipinski definition) is 0. The Morgan fingerprint density at radius 2 is 1.84 bits per heavy atom. The number of amides is 1. The van der Waals surface area contributed by atoms with Gasteiger partial charge in [0.25, 0.3) is 0 Å². The van der Waals surface area contributed by atoms with Gasteiger partial charge in [-0.05, 0) is 36.5 Å². The summed E-state index contributed by atoms with van der Waals surface area (Å²) < 4.78 is 10.8. The lowest BCUT2D eigenvalue weighted by Crippen LogP contribution is -2.50. The number of hydrogen-bond acceptors (Lipinski definition) is 4. The van der Waals surface area contributed by atoms with Crippen molar-refractivity contribution in [1.29, 1.82) is 0 Å². The number of benzene rings is 1.